The molecule has 6 nitrogen and oxygen atoms in total. The topological polar surface area (TPSA) is 65.8 Å². The van der Waals surface area contributed by atoms with E-state index in [1.807, 2.05) is 4.90 Å². The number of piperazine rings is 1. The average molecular weight is 381 g/mol. The summed E-state index contributed by atoms with van der Waals surface area (Å²) in [5.41, 5.74) is -0.716. The van der Waals surface area contributed by atoms with Crippen molar-refractivity contribution < 1.29 is 27.2 Å². The number of anilines is 1. The number of carbonyl (C=O) groups excluding carboxylic acids is 2. The maximum absolute atomic E-state index is 12.7. The van der Waals surface area contributed by atoms with E-state index in [0.29, 0.717) is 26.2 Å². The lowest BCUT2D eigenvalue weighted by Crippen LogP contribution is -2.50. The molecule has 0 unspecified atom stereocenters. The molecule has 1 fully saturated rings. The molecule has 1 aromatic carbocycles. The molecule has 1 aliphatic rings. The molecular weight excluding hydrogens is 363 g/mol. The lowest BCUT2D eigenvalue weighted by atomic mass is 10.2. The lowest BCUT2D eigenvalue weighted by Gasteiger charge is -2.33. The van der Waals surface area contributed by atoms with Crippen LogP contribution in [0.4, 0.5) is 18.9 Å². The van der Waals surface area contributed by atoms with Crippen LogP contribution in [0.5, 0.6) is 0 Å². The van der Waals surface area contributed by atoms with Crippen LogP contribution in [0.2, 0.25) is 0 Å². The largest absolute Gasteiger partial charge is 0.459 e. The number of furan rings is 1. The van der Waals surface area contributed by atoms with Crippen molar-refractivity contribution in [2.45, 2.75) is 6.18 Å². The van der Waals surface area contributed by atoms with Crippen molar-refractivity contribution in [1.82, 2.24) is 9.80 Å². The molecule has 0 saturated carbocycles. The highest BCUT2D eigenvalue weighted by molar-refractivity contribution is 5.93. The fourth-order valence-electron chi connectivity index (χ4n) is 2.84. The number of amides is 2. The van der Waals surface area contributed by atoms with Gasteiger partial charge in [-0.15, -0.1) is 0 Å². The minimum Gasteiger partial charge on any atom is -0.459 e. The molecule has 1 aromatic heterocycles. The highest BCUT2D eigenvalue weighted by atomic mass is 19.4. The van der Waals surface area contributed by atoms with E-state index in [1.165, 1.54) is 18.4 Å². The predicted octanol–water partition coefficient (Wildman–Crippen LogP) is 2.69. The van der Waals surface area contributed by atoms with Gasteiger partial charge in [0.15, 0.2) is 5.76 Å². The van der Waals surface area contributed by atoms with Crippen LogP contribution in [-0.2, 0) is 11.0 Å². The monoisotopic (exact) mass is 381 g/mol. The molecule has 0 bridgehead atoms. The number of alkyl halides is 3. The molecule has 2 amide bonds. The standard InChI is InChI=1S/C18H18F3N3O3/c19-18(20,21)13-3-1-4-14(11-13)22-16(25)12-23-6-8-24(9-7-23)17(26)15-5-2-10-27-15/h1-5,10-11H,6-9,12H2,(H,22,25). The summed E-state index contributed by atoms with van der Waals surface area (Å²) in [7, 11) is 0. The summed E-state index contributed by atoms with van der Waals surface area (Å²) in [5, 5.41) is 2.48. The van der Waals surface area contributed by atoms with Crippen LogP contribution in [-0.4, -0.2) is 54.3 Å². The van der Waals surface area contributed by atoms with E-state index in [1.54, 1.807) is 17.0 Å². The van der Waals surface area contributed by atoms with Crippen LogP contribution >= 0.6 is 0 Å². The Labute approximate surface area is 153 Å². The Morgan fingerprint density at radius 1 is 1.07 bits per heavy atom. The first kappa shape index (κ1) is 19.0. The van der Waals surface area contributed by atoms with Gasteiger partial charge in [0.2, 0.25) is 5.91 Å². The number of halogens is 3. The quantitative estimate of drug-likeness (QED) is 0.885. The molecule has 1 aliphatic heterocycles. The summed E-state index contributed by atoms with van der Waals surface area (Å²) in [6, 6.07) is 7.74. The third-order valence-corrected chi connectivity index (χ3v) is 4.23. The first-order chi connectivity index (χ1) is 12.8. The van der Waals surface area contributed by atoms with Crippen molar-refractivity contribution in [2.75, 3.05) is 38.0 Å². The van der Waals surface area contributed by atoms with Crippen LogP contribution in [0.3, 0.4) is 0 Å². The SMILES string of the molecule is O=C(CN1CCN(C(=O)c2ccco2)CC1)Nc1cccc(C(F)(F)F)c1. The summed E-state index contributed by atoms with van der Waals surface area (Å²) < 4.78 is 43.3. The minimum atomic E-state index is -4.46. The molecule has 3 rings (SSSR count). The number of nitrogens with one attached hydrogen (secondary N) is 1. The summed E-state index contributed by atoms with van der Waals surface area (Å²) >= 11 is 0. The van der Waals surface area contributed by atoms with Gasteiger partial charge in [-0.3, -0.25) is 14.5 Å². The van der Waals surface area contributed by atoms with E-state index in [-0.39, 0.29) is 23.9 Å². The zero-order valence-corrected chi connectivity index (χ0v) is 14.3. The third-order valence-electron chi connectivity index (χ3n) is 4.23. The van der Waals surface area contributed by atoms with E-state index in [9.17, 15) is 22.8 Å². The van der Waals surface area contributed by atoms with Crippen LogP contribution in [0.15, 0.2) is 47.1 Å². The number of rotatable bonds is 4. The van der Waals surface area contributed by atoms with Gasteiger partial charge in [0.05, 0.1) is 18.4 Å². The second kappa shape index (κ2) is 7.83. The van der Waals surface area contributed by atoms with E-state index in [0.717, 1.165) is 12.1 Å². The van der Waals surface area contributed by atoms with E-state index >= 15 is 0 Å². The fourth-order valence-corrected chi connectivity index (χ4v) is 2.84. The molecule has 0 aliphatic carbocycles. The van der Waals surface area contributed by atoms with Gasteiger partial charge in [0.25, 0.3) is 5.91 Å². The van der Waals surface area contributed by atoms with Crippen molar-refractivity contribution >= 4 is 17.5 Å². The van der Waals surface area contributed by atoms with Crippen molar-refractivity contribution in [3.8, 4) is 0 Å². The van der Waals surface area contributed by atoms with Crippen molar-refractivity contribution in [1.29, 1.82) is 0 Å². The maximum Gasteiger partial charge on any atom is 0.416 e. The first-order valence-electron chi connectivity index (χ1n) is 8.35. The normalized spacial score (nSPS) is 15.6. The second-order valence-corrected chi connectivity index (χ2v) is 6.17. The highest BCUT2D eigenvalue weighted by Gasteiger charge is 2.30. The number of hydrogen-bond acceptors (Lipinski definition) is 4. The molecule has 1 N–H and O–H groups in total. The Morgan fingerprint density at radius 3 is 2.44 bits per heavy atom. The van der Waals surface area contributed by atoms with Crippen LogP contribution < -0.4 is 5.32 Å². The molecule has 0 atom stereocenters. The summed E-state index contributed by atoms with van der Waals surface area (Å²) in [4.78, 5) is 27.8. The van der Waals surface area contributed by atoms with Crippen LogP contribution in [0.1, 0.15) is 16.1 Å². The molecule has 144 valence electrons. The van der Waals surface area contributed by atoms with Gasteiger partial charge >= 0.3 is 6.18 Å². The smallest absolute Gasteiger partial charge is 0.416 e. The second-order valence-electron chi connectivity index (χ2n) is 6.17. The molecule has 9 heteroatoms. The average Bonchev–Trinajstić information content (AvgIpc) is 3.16. The molecular formula is C18H18F3N3O3. The molecule has 0 spiro atoms. The van der Waals surface area contributed by atoms with Gasteiger partial charge < -0.3 is 14.6 Å². The van der Waals surface area contributed by atoms with Crippen molar-refractivity contribution in [2.24, 2.45) is 0 Å². The Balaban J connectivity index is 1.49. The van der Waals surface area contributed by atoms with Crippen molar-refractivity contribution in [3.05, 3.63) is 54.0 Å². The number of hydrogen-bond donors (Lipinski definition) is 1. The van der Waals surface area contributed by atoms with Gasteiger partial charge in [0.1, 0.15) is 0 Å². The van der Waals surface area contributed by atoms with E-state index in [4.69, 9.17) is 4.42 Å². The zero-order chi connectivity index (χ0) is 19.4. The Kier molecular flexibility index (Phi) is 5.50. The molecule has 0 radical (unpaired) electrons. The number of benzene rings is 1. The van der Waals surface area contributed by atoms with Gasteiger partial charge in [-0.2, -0.15) is 13.2 Å². The van der Waals surface area contributed by atoms with Gasteiger partial charge in [-0.05, 0) is 30.3 Å². The maximum atomic E-state index is 12.7. The number of carbonyl (C=O) groups is 2. The van der Waals surface area contributed by atoms with E-state index < -0.39 is 17.6 Å². The van der Waals surface area contributed by atoms with Gasteiger partial charge in [-0.1, -0.05) is 6.07 Å². The molecule has 1 saturated heterocycles. The summed E-state index contributed by atoms with van der Waals surface area (Å²) in [6.45, 7) is 1.90. The highest BCUT2D eigenvalue weighted by Crippen LogP contribution is 2.30. The fraction of sp³-hybridized carbons (Fsp3) is 0.333. The van der Waals surface area contributed by atoms with Crippen molar-refractivity contribution in [3.63, 3.8) is 0 Å². The Morgan fingerprint density at radius 2 is 1.81 bits per heavy atom. The van der Waals surface area contributed by atoms with Gasteiger partial charge in [0, 0.05) is 31.9 Å². The predicted molar refractivity (Wildman–Crippen MR) is 91.1 cm³/mol. The Hall–Kier alpha value is -2.81. The summed E-state index contributed by atoms with van der Waals surface area (Å²) in [5.74, 6) is -0.334. The summed E-state index contributed by atoms with van der Waals surface area (Å²) in [6.07, 6.45) is -3.03. The Bertz CT molecular complexity index is 798. The lowest BCUT2D eigenvalue weighted by molar-refractivity contribution is -0.137. The van der Waals surface area contributed by atoms with Gasteiger partial charge in [-0.25, -0.2) is 0 Å². The molecule has 2 heterocycles. The molecule has 2 aromatic rings. The van der Waals surface area contributed by atoms with Crippen LogP contribution in [0.25, 0.3) is 0 Å². The third kappa shape index (κ3) is 4.88. The zero-order valence-electron chi connectivity index (χ0n) is 14.3. The first-order valence-corrected chi connectivity index (χ1v) is 8.35. The van der Waals surface area contributed by atoms with Crippen LogP contribution in [0, 0.1) is 0 Å². The minimum absolute atomic E-state index is 0.0407. The molecule has 27 heavy (non-hydrogen) atoms. The van der Waals surface area contributed by atoms with E-state index in [2.05, 4.69) is 5.32 Å². The number of nitrogens with zero attached hydrogens (tertiary/aromatic N) is 2.